The normalized spacial score (nSPS) is 28.0. The Balaban J connectivity index is 2.19. The Hall–Kier alpha value is -0.960. The van der Waals surface area contributed by atoms with E-state index in [1.54, 1.807) is 6.92 Å². The lowest BCUT2D eigenvalue weighted by Gasteiger charge is -2.32. The van der Waals surface area contributed by atoms with Gasteiger partial charge in [-0.05, 0) is 48.8 Å². The van der Waals surface area contributed by atoms with Gasteiger partial charge in [0.2, 0.25) is 0 Å². The molecule has 2 unspecified atom stereocenters. The van der Waals surface area contributed by atoms with Gasteiger partial charge in [-0.3, -0.25) is 0 Å². The van der Waals surface area contributed by atoms with Crippen molar-refractivity contribution in [3.8, 4) is 0 Å². The molecule has 2 atom stereocenters. The van der Waals surface area contributed by atoms with Crippen molar-refractivity contribution in [3.63, 3.8) is 0 Å². The minimum atomic E-state index is -0.237. The van der Waals surface area contributed by atoms with E-state index in [1.165, 1.54) is 6.07 Å². The number of benzene rings is 1. The predicted octanol–water partition coefficient (Wildman–Crippen LogP) is 3.43. The van der Waals surface area contributed by atoms with Gasteiger partial charge in [0, 0.05) is 18.2 Å². The molecule has 3 rings (SSSR count). The number of nitrogens with one attached hydrogen (secondary N) is 1. The monoisotopic (exact) mass is 237 g/mol. The summed E-state index contributed by atoms with van der Waals surface area (Å²) in [5.41, 5.74) is 1.62. The van der Waals surface area contributed by atoms with Crippen LogP contribution in [0.1, 0.15) is 48.4 Å². The Morgan fingerprint density at radius 1 is 1.24 bits per heavy atom. The molecule has 0 spiro atoms. The first-order valence-electron chi connectivity index (χ1n) is 6.31. The van der Waals surface area contributed by atoms with Crippen molar-refractivity contribution >= 4 is 0 Å². The summed E-state index contributed by atoms with van der Waals surface area (Å²) in [4.78, 5) is 0. The average Bonchev–Trinajstić information content (AvgIpc) is 3.09. The van der Waals surface area contributed by atoms with E-state index in [0.29, 0.717) is 22.6 Å². The summed E-state index contributed by atoms with van der Waals surface area (Å²) in [5.74, 6) is 0.1000. The molecule has 0 aromatic heterocycles. The van der Waals surface area contributed by atoms with Crippen molar-refractivity contribution in [1.29, 1.82) is 0 Å². The Morgan fingerprint density at radius 2 is 1.94 bits per heavy atom. The molecule has 1 heterocycles. The SMILES string of the molecule is Cc1cc(F)c2c(c1F)C(C1CC1)NCC2C. The molecule has 1 nitrogen and oxygen atoms in total. The third-order valence-electron chi connectivity index (χ3n) is 4.01. The van der Waals surface area contributed by atoms with Crippen LogP contribution in [-0.2, 0) is 0 Å². The minimum Gasteiger partial charge on any atom is -0.309 e. The summed E-state index contributed by atoms with van der Waals surface area (Å²) in [6.07, 6.45) is 2.25. The second-order valence-electron chi connectivity index (χ2n) is 5.44. The van der Waals surface area contributed by atoms with Crippen molar-refractivity contribution in [2.75, 3.05) is 6.54 Å². The van der Waals surface area contributed by atoms with Gasteiger partial charge in [0.1, 0.15) is 11.6 Å². The van der Waals surface area contributed by atoms with Gasteiger partial charge in [-0.15, -0.1) is 0 Å². The van der Waals surface area contributed by atoms with Crippen LogP contribution in [0.2, 0.25) is 0 Å². The van der Waals surface area contributed by atoms with Gasteiger partial charge in [0.05, 0.1) is 0 Å². The van der Waals surface area contributed by atoms with Gasteiger partial charge in [-0.25, -0.2) is 8.78 Å². The summed E-state index contributed by atoms with van der Waals surface area (Å²) in [6.45, 7) is 4.34. The molecule has 1 N–H and O–H groups in total. The molecule has 17 heavy (non-hydrogen) atoms. The van der Waals surface area contributed by atoms with Crippen LogP contribution in [0.4, 0.5) is 8.78 Å². The molecule has 0 amide bonds. The molecular weight excluding hydrogens is 220 g/mol. The van der Waals surface area contributed by atoms with Crippen LogP contribution in [0.25, 0.3) is 0 Å². The highest BCUT2D eigenvalue weighted by molar-refractivity contribution is 5.41. The molecule has 1 aromatic rings. The van der Waals surface area contributed by atoms with Crippen LogP contribution in [0, 0.1) is 24.5 Å². The van der Waals surface area contributed by atoms with Gasteiger partial charge in [-0.2, -0.15) is 0 Å². The number of aryl methyl sites for hydroxylation is 1. The largest absolute Gasteiger partial charge is 0.309 e. The van der Waals surface area contributed by atoms with Crippen LogP contribution in [-0.4, -0.2) is 6.54 Å². The van der Waals surface area contributed by atoms with E-state index in [2.05, 4.69) is 5.32 Å². The lowest BCUT2D eigenvalue weighted by Crippen LogP contribution is -2.35. The molecular formula is C14H17F2N. The Bertz CT molecular complexity index is 466. The Morgan fingerprint density at radius 3 is 2.59 bits per heavy atom. The fourth-order valence-electron chi connectivity index (χ4n) is 2.94. The highest BCUT2D eigenvalue weighted by Gasteiger charge is 2.39. The van der Waals surface area contributed by atoms with Crippen molar-refractivity contribution in [2.24, 2.45) is 5.92 Å². The maximum atomic E-state index is 14.3. The number of fused-ring (bicyclic) bond motifs is 1. The lowest BCUT2D eigenvalue weighted by atomic mass is 9.84. The zero-order chi connectivity index (χ0) is 12.2. The maximum Gasteiger partial charge on any atom is 0.131 e. The van der Waals surface area contributed by atoms with Gasteiger partial charge in [0.25, 0.3) is 0 Å². The van der Waals surface area contributed by atoms with Crippen LogP contribution >= 0.6 is 0 Å². The first-order valence-corrected chi connectivity index (χ1v) is 6.31. The third kappa shape index (κ3) is 1.68. The van der Waals surface area contributed by atoms with Crippen molar-refractivity contribution in [2.45, 2.75) is 38.6 Å². The van der Waals surface area contributed by atoms with Crippen LogP contribution < -0.4 is 5.32 Å². The summed E-state index contributed by atoms with van der Waals surface area (Å²) in [5, 5.41) is 3.38. The molecule has 0 saturated heterocycles. The fraction of sp³-hybridized carbons (Fsp3) is 0.571. The number of hydrogen-bond donors (Lipinski definition) is 1. The van der Waals surface area contributed by atoms with E-state index in [4.69, 9.17) is 0 Å². The molecule has 3 heteroatoms. The molecule has 92 valence electrons. The van der Waals surface area contributed by atoms with Crippen molar-refractivity contribution in [1.82, 2.24) is 5.32 Å². The number of rotatable bonds is 1. The van der Waals surface area contributed by atoms with Crippen molar-refractivity contribution < 1.29 is 8.78 Å². The number of halogens is 2. The number of hydrogen-bond acceptors (Lipinski definition) is 1. The molecule has 0 bridgehead atoms. The first kappa shape index (κ1) is 11.1. The molecule has 1 saturated carbocycles. The smallest absolute Gasteiger partial charge is 0.131 e. The Labute approximate surface area is 100 Å². The third-order valence-corrected chi connectivity index (χ3v) is 4.01. The average molecular weight is 237 g/mol. The topological polar surface area (TPSA) is 12.0 Å². The van der Waals surface area contributed by atoms with E-state index >= 15 is 0 Å². The summed E-state index contributed by atoms with van der Waals surface area (Å²) < 4.78 is 28.3. The van der Waals surface area contributed by atoms with E-state index in [0.717, 1.165) is 19.4 Å². The zero-order valence-electron chi connectivity index (χ0n) is 10.2. The second-order valence-corrected chi connectivity index (χ2v) is 5.44. The summed E-state index contributed by atoms with van der Waals surface area (Å²) in [6, 6.07) is 1.36. The quantitative estimate of drug-likeness (QED) is 0.789. The van der Waals surface area contributed by atoms with Gasteiger partial charge < -0.3 is 5.32 Å². The van der Waals surface area contributed by atoms with Gasteiger partial charge >= 0.3 is 0 Å². The highest BCUT2D eigenvalue weighted by atomic mass is 19.1. The van der Waals surface area contributed by atoms with E-state index in [9.17, 15) is 8.78 Å². The first-order chi connectivity index (χ1) is 8.09. The molecule has 1 aromatic carbocycles. The minimum absolute atomic E-state index is 0.0237. The Kier molecular flexibility index (Phi) is 2.47. The zero-order valence-corrected chi connectivity index (χ0v) is 10.2. The summed E-state index contributed by atoms with van der Waals surface area (Å²) in [7, 11) is 0. The molecule has 1 fully saturated rings. The second kappa shape index (κ2) is 3.77. The maximum absolute atomic E-state index is 14.3. The standard InChI is InChI=1S/C14H17F2N/c1-7-5-10(15)11-8(2)6-17-14(9-3-4-9)12(11)13(7)16/h5,8-9,14,17H,3-4,6H2,1-2H3. The van der Waals surface area contributed by atoms with E-state index in [-0.39, 0.29) is 23.6 Å². The highest BCUT2D eigenvalue weighted by Crippen LogP contribution is 2.46. The molecule has 0 radical (unpaired) electrons. The van der Waals surface area contributed by atoms with E-state index < -0.39 is 0 Å². The van der Waals surface area contributed by atoms with E-state index in [1.807, 2.05) is 6.92 Å². The van der Waals surface area contributed by atoms with Crippen LogP contribution in [0.5, 0.6) is 0 Å². The lowest BCUT2D eigenvalue weighted by molar-refractivity contribution is 0.395. The van der Waals surface area contributed by atoms with Crippen LogP contribution in [0.3, 0.4) is 0 Å². The summed E-state index contributed by atoms with van der Waals surface area (Å²) >= 11 is 0. The molecule has 2 aliphatic rings. The van der Waals surface area contributed by atoms with Crippen LogP contribution in [0.15, 0.2) is 6.07 Å². The predicted molar refractivity (Wildman–Crippen MR) is 63.0 cm³/mol. The van der Waals surface area contributed by atoms with Gasteiger partial charge in [0.15, 0.2) is 0 Å². The molecule has 1 aliphatic carbocycles. The van der Waals surface area contributed by atoms with Crippen molar-refractivity contribution in [3.05, 3.63) is 34.4 Å². The molecule has 1 aliphatic heterocycles. The van der Waals surface area contributed by atoms with Gasteiger partial charge in [-0.1, -0.05) is 6.92 Å². The fourth-order valence-corrected chi connectivity index (χ4v) is 2.94.